The van der Waals surface area contributed by atoms with Crippen LogP contribution in [0.25, 0.3) is 0 Å². The first-order valence-corrected chi connectivity index (χ1v) is 8.75. The molecule has 0 aliphatic rings. The molecular weight excluding hydrogens is 328 g/mol. The minimum atomic E-state index is 0.296. The maximum Gasteiger partial charge on any atom is 0.0587 e. The molecule has 1 N–H and O–H groups in total. The molecule has 0 radical (unpaired) electrons. The highest BCUT2D eigenvalue weighted by molar-refractivity contribution is 9.10. The molecule has 0 fully saturated rings. The average Bonchev–Trinajstić information content (AvgIpc) is 2.51. The van der Waals surface area contributed by atoms with Crippen molar-refractivity contribution in [3.8, 4) is 0 Å². The van der Waals surface area contributed by atoms with E-state index >= 15 is 0 Å². The van der Waals surface area contributed by atoms with E-state index in [0.717, 1.165) is 30.6 Å². The van der Waals surface area contributed by atoms with E-state index in [9.17, 15) is 0 Å². The van der Waals surface area contributed by atoms with Crippen LogP contribution in [0.5, 0.6) is 0 Å². The van der Waals surface area contributed by atoms with Crippen molar-refractivity contribution < 1.29 is 4.74 Å². The summed E-state index contributed by atoms with van der Waals surface area (Å²) in [5, 5.41) is 3.56. The molecule has 4 heteroatoms. The van der Waals surface area contributed by atoms with Gasteiger partial charge < -0.3 is 10.1 Å². The first-order chi connectivity index (χ1) is 10.2. The molecule has 0 aliphatic carbocycles. The van der Waals surface area contributed by atoms with Gasteiger partial charge in [0.2, 0.25) is 0 Å². The van der Waals surface area contributed by atoms with Gasteiger partial charge in [-0.2, -0.15) is 0 Å². The Bertz CT molecular complexity index is 383. The van der Waals surface area contributed by atoms with E-state index in [-0.39, 0.29) is 0 Å². The molecule has 0 saturated heterocycles. The van der Waals surface area contributed by atoms with Crippen molar-refractivity contribution in [2.24, 2.45) is 5.41 Å². The molecule has 120 valence electrons. The number of hydrogen-bond acceptors (Lipinski definition) is 3. The smallest absolute Gasteiger partial charge is 0.0587 e. The van der Waals surface area contributed by atoms with E-state index < -0.39 is 0 Å². The zero-order valence-electron chi connectivity index (χ0n) is 13.6. The predicted molar refractivity (Wildman–Crippen MR) is 92.6 cm³/mol. The summed E-state index contributed by atoms with van der Waals surface area (Å²) in [7, 11) is 1.75. The summed E-state index contributed by atoms with van der Waals surface area (Å²) in [5.41, 5.74) is 1.48. The summed E-state index contributed by atoms with van der Waals surface area (Å²) in [5.74, 6) is 0. The summed E-state index contributed by atoms with van der Waals surface area (Å²) >= 11 is 3.45. The van der Waals surface area contributed by atoms with Crippen molar-refractivity contribution in [2.75, 3.05) is 26.8 Å². The molecule has 1 unspecified atom stereocenters. The van der Waals surface area contributed by atoms with Crippen LogP contribution in [0.3, 0.4) is 0 Å². The van der Waals surface area contributed by atoms with Crippen molar-refractivity contribution in [3.05, 3.63) is 28.5 Å². The summed E-state index contributed by atoms with van der Waals surface area (Å²) in [6.45, 7) is 7.27. The van der Waals surface area contributed by atoms with Crippen LogP contribution in [0.1, 0.15) is 45.2 Å². The zero-order chi connectivity index (χ0) is 15.6. The van der Waals surface area contributed by atoms with Gasteiger partial charge >= 0.3 is 0 Å². The first kappa shape index (κ1) is 18.6. The lowest BCUT2D eigenvalue weighted by molar-refractivity contribution is 0.181. The highest BCUT2D eigenvalue weighted by atomic mass is 79.9. The van der Waals surface area contributed by atoms with Gasteiger partial charge in [-0.3, -0.25) is 4.98 Å². The summed E-state index contributed by atoms with van der Waals surface area (Å²) in [6, 6.07) is 4.22. The third kappa shape index (κ3) is 6.90. The summed E-state index contributed by atoms with van der Waals surface area (Å²) < 4.78 is 6.16. The number of pyridine rings is 1. The van der Waals surface area contributed by atoms with Gasteiger partial charge in [0.05, 0.1) is 6.61 Å². The Balaban J connectivity index is 2.70. The van der Waals surface area contributed by atoms with Crippen LogP contribution in [0.4, 0.5) is 0 Å². The van der Waals surface area contributed by atoms with Crippen LogP contribution in [0.15, 0.2) is 22.8 Å². The van der Waals surface area contributed by atoms with E-state index in [1.165, 1.54) is 31.4 Å². The Morgan fingerprint density at radius 1 is 1.33 bits per heavy atom. The fraction of sp³-hybridized carbons (Fsp3) is 0.706. The number of methoxy groups -OCH3 is 1. The minimum Gasteiger partial charge on any atom is -0.383 e. The van der Waals surface area contributed by atoms with Crippen LogP contribution in [-0.4, -0.2) is 31.8 Å². The van der Waals surface area contributed by atoms with Crippen LogP contribution in [-0.2, 0) is 11.2 Å². The maximum atomic E-state index is 5.12. The number of rotatable bonds is 11. The van der Waals surface area contributed by atoms with E-state index in [1.807, 2.05) is 6.20 Å². The molecule has 0 spiro atoms. The van der Waals surface area contributed by atoms with Crippen LogP contribution >= 0.6 is 15.9 Å². The Kier molecular flexibility index (Phi) is 9.13. The van der Waals surface area contributed by atoms with Gasteiger partial charge in [0.1, 0.15) is 0 Å². The monoisotopic (exact) mass is 356 g/mol. The molecule has 0 aromatic carbocycles. The van der Waals surface area contributed by atoms with Gasteiger partial charge in [-0.1, -0.05) is 26.7 Å². The number of unbranched alkanes of at least 4 members (excludes halogenated alkanes) is 1. The fourth-order valence-corrected chi connectivity index (χ4v) is 2.88. The van der Waals surface area contributed by atoms with Gasteiger partial charge in [-0.25, -0.2) is 0 Å². The van der Waals surface area contributed by atoms with Crippen LogP contribution < -0.4 is 5.32 Å². The van der Waals surface area contributed by atoms with Gasteiger partial charge in [0.25, 0.3) is 0 Å². The molecule has 0 aliphatic heterocycles. The minimum absolute atomic E-state index is 0.296. The second kappa shape index (κ2) is 10.3. The topological polar surface area (TPSA) is 34.1 Å². The second-order valence-electron chi connectivity index (χ2n) is 5.77. The molecule has 1 aromatic rings. The maximum absolute atomic E-state index is 5.12. The summed E-state index contributed by atoms with van der Waals surface area (Å²) in [6.07, 6.45) is 7.87. The zero-order valence-corrected chi connectivity index (χ0v) is 15.2. The molecule has 0 saturated carbocycles. The van der Waals surface area contributed by atoms with Crippen molar-refractivity contribution in [3.63, 3.8) is 0 Å². The number of aromatic nitrogens is 1. The van der Waals surface area contributed by atoms with Crippen molar-refractivity contribution in [1.29, 1.82) is 0 Å². The van der Waals surface area contributed by atoms with Crippen LogP contribution in [0.2, 0.25) is 0 Å². The van der Waals surface area contributed by atoms with Crippen molar-refractivity contribution >= 4 is 15.9 Å². The average molecular weight is 357 g/mol. The predicted octanol–water partition coefficient (Wildman–Crippen LogP) is 4.21. The SMILES string of the molecule is CCCCC(CC)(CNCCOC)Cc1ccc(Br)cn1. The highest BCUT2D eigenvalue weighted by Gasteiger charge is 2.28. The lowest BCUT2D eigenvalue weighted by Crippen LogP contribution is -2.37. The normalized spacial score (nSPS) is 14.1. The largest absolute Gasteiger partial charge is 0.383 e. The summed E-state index contributed by atoms with van der Waals surface area (Å²) in [4.78, 5) is 4.56. The van der Waals surface area contributed by atoms with Gasteiger partial charge in [0, 0.05) is 36.6 Å². The molecule has 0 amide bonds. The lowest BCUT2D eigenvalue weighted by atomic mass is 9.76. The third-order valence-electron chi connectivity index (χ3n) is 4.14. The van der Waals surface area contributed by atoms with E-state index in [0.29, 0.717) is 5.41 Å². The molecule has 3 nitrogen and oxygen atoms in total. The van der Waals surface area contributed by atoms with Gasteiger partial charge in [-0.05, 0) is 52.7 Å². The number of nitrogens with zero attached hydrogens (tertiary/aromatic N) is 1. The lowest BCUT2D eigenvalue weighted by Gasteiger charge is -2.33. The Morgan fingerprint density at radius 3 is 2.71 bits per heavy atom. The van der Waals surface area contributed by atoms with Gasteiger partial charge in [-0.15, -0.1) is 0 Å². The van der Waals surface area contributed by atoms with Crippen LogP contribution in [0, 0.1) is 5.41 Å². The highest BCUT2D eigenvalue weighted by Crippen LogP contribution is 2.32. The van der Waals surface area contributed by atoms with Crippen molar-refractivity contribution in [1.82, 2.24) is 10.3 Å². The number of ether oxygens (including phenoxy) is 1. The molecular formula is C17H29BrN2O. The molecule has 0 bridgehead atoms. The molecule has 21 heavy (non-hydrogen) atoms. The molecule has 1 rings (SSSR count). The van der Waals surface area contributed by atoms with E-state index in [2.05, 4.69) is 52.2 Å². The van der Waals surface area contributed by atoms with Gasteiger partial charge in [0.15, 0.2) is 0 Å². The molecule has 1 heterocycles. The number of halogens is 1. The Labute approximate surface area is 138 Å². The quantitative estimate of drug-likeness (QED) is 0.603. The Morgan fingerprint density at radius 2 is 2.14 bits per heavy atom. The number of nitrogens with one attached hydrogen (secondary N) is 1. The van der Waals surface area contributed by atoms with E-state index in [1.54, 1.807) is 7.11 Å². The van der Waals surface area contributed by atoms with E-state index in [4.69, 9.17) is 4.74 Å². The fourth-order valence-electron chi connectivity index (χ4n) is 2.64. The Hall–Kier alpha value is -0.450. The molecule has 1 aromatic heterocycles. The first-order valence-electron chi connectivity index (χ1n) is 7.96. The molecule has 1 atom stereocenters. The standard InChI is InChI=1S/C17H29BrN2O/c1-4-6-9-17(5-2,14-19-10-11-21-3)12-16-8-7-15(18)13-20-16/h7-8,13,19H,4-6,9-12,14H2,1-3H3. The third-order valence-corrected chi connectivity index (χ3v) is 4.61. The number of hydrogen-bond donors (Lipinski definition) is 1. The van der Waals surface area contributed by atoms with Crippen molar-refractivity contribution in [2.45, 2.75) is 46.0 Å². The second-order valence-corrected chi connectivity index (χ2v) is 6.69.